The summed E-state index contributed by atoms with van der Waals surface area (Å²) in [5.41, 5.74) is 1.24. The minimum Gasteiger partial charge on any atom is -0.494 e. The van der Waals surface area contributed by atoms with Crippen LogP contribution < -0.4 is 14.8 Å². The zero-order valence-corrected chi connectivity index (χ0v) is 16.9. The second-order valence-corrected chi connectivity index (χ2v) is 8.07. The lowest BCUT2D eigenvalue weighted by molar-refractivity contribution is -0.111. The van der Waals surface area contributed by atoms with Crippen molar-refractivity contribution in [1.29, 1.82) is 0 Å². The maximum absolute atomic E-state index is 12.5. The summed E-state index contributed by atoms with van der Waals surface area (Å²) in [5, 5.41) is 2.68. The SMILES string of the molecule is CCOc1ccc(/C=C/C(=O)Nc2cccc(S(=O)(=O)NC3=NCCC3)c2)cc1. The van der Waals surface area contributed by atoms with E-state index in [0.29, 0.717) is 31.1 Å². The van der Waals surface area contributed by atoms with Gasteiger partial charge in [0, 0.05) is 24.7 Å². The second-order valence-electron chi connectivity index (χ2n) is 6.39. The first-order valence-corrected chi connectivity index (χ1v) is 10.8. The van der Waals surface area contributed by atoms with E-state index >= 15 is 0 Å². The summed E-state index contributed by atoms with van der Waals surface area (Å²) < 4.78 is 32.8. The van der Waals surface area contributed by atoms with Crippen LogP contribution in [0.15, 0.2) is 64.5 Å². The average Bonchev–Trinajstić information content (AvgIpc) is 3.20. The maximum Gasteiger partial charge on any atom is 0.262 e. The largest absolute Gasteiger partial charge is 0.494 e. The lowest BCUT2D eigenvalue weighted by Crippen LogP contribution is -2.29. The summed E-state index contributed by atoms with van der Waals surface area (Å²) in [6.45, 7) is 3.14. The van der Waals surface area contributed by atoms with Crippen LogP contribution >= 0.6 is 0 Å². The van der Waals surface area contributed by atoms with Crippen LogP contribution in [0.5, 0.6) is 5.75 Å². The van der Waals surface area contributed by atoms with Gasteiger partial charge in [-0.05, 0) is 55.3 Å². The number of ether oxygens (including phenoxy) is 1. The summed E-state index contributed by atoms with van der Waals surface area (Å²) >= 11 is 0. The van der Waals surface area contributed by atoms with Crippen molar-refractivity contribution in [2.75, 3.05) is 18.5 Å². The molecule has 0 unspecified atom stereocenters. The van der Waals surface area contributed by atoms with Crippen LogP contribution in [-0.2, 0) is 14.8 Å². The topological polar surface area (TPSA) is 96.9 Å². The fraction of sp³-hybridized carbons (Fsp3) is 0.238. The van der Waals surface area contributed by atoms with Gasteiger partial charge in [0.15, 0.2) is 0 Å². The lowest BCUT2D eigenvalue weighted by atomic mass is 10.2. The summed E-state index contributed by atoms with van der Waals surface area (Å²) in [5.74, 6) is 0.878. The molecule has 1 aliphatic heterocycles. The molecule has 1 aliphatic rings. The third-order valence-corrected chi connectivity index (χ3v) is 5.54. The minimum atomic E-state index is -3.73. The molecule has 0 aromatic heterocycles. The van der Waals surface area contributed by atoms with E-state index < -0.39 is 10.0 Å². The Morgan fingerprint density at radius 3 is 2.69 bits per heavy atom. The van der Waals surface area contributed by atoms with Gasteiger partial charge in [-0.2, -0.15) is 0 Å². The number of hydrogen-bond donors (Lipinski definition) is 2. The standard InChI is InChI=1S/C21H23N3O4S/c1-2-28-18-11-8-16(9-12-18)10-13-21(25)23-17-5-3-6-19(15-17)29(26,27)24-20-7-4-14-22-20/h3,5-6,8-13,15H,2,4,7,14H2,1H3,(H,22,24)(H,23,25)/b13-10+. The molecule has 1 amide bonds. The number of carbonyl (C=O) groups is 1. The zero-order valence-electron chi connectivity index (χ0n) is 16.1. The Morgan fingerprint density at radius 2 is 2.00 bits per heavy atom. The summed E-state index contributed by atoms with van der Waals surface area (Å²) in [4.78, 5) is 16.4. The number of aliphatic imine (C=N–C) groups is 1. The van der Waals surface area contributed by atoms with Crippen molar-refractivity contribution in [2.24, 2.45) is 4.99 Å². The molecule has 0 atom stereocenters. The molecule has 0 fully saturated rings. The average molecular weight is 413 g/mol. The maximum atomic E-state index is 12.5. The molecule has 2 aromatic rings. The van der Waals surface area contributed by atoms with Crippen molar-refractivity contribution in [2.45, 2.75) is 24.7 Å². The van der Waals surface area contributed by atoms with Crippen LogP contribution in [0.25, 0.3) is 6.08 Å². The normalized spacial score (nSPS) is 13.9. The predicted molar refractivity (Wildman–Crippen MR) is 114 cm³/mol. The van der Waals surface area contributed by atoms with E-state index in [2.05, 4.69) is 15.0 Å². The molecular weight excluding hydrogens is 390 g/mol. The van der Waals surface area contributed by atoms with E-state index in [1.54, 1.807) is 18.2 Å². The van der Waals surface area contributed by atoms with Gasteiger partial charge in [-0.25, -0.2) is 8.42 Å². The van der Waals surface area contributed by atoms with Crippen LogP contribution in [0.4, 0.5) is 5.69 Å². The molecule has 7 nitrogen and oxygen atoms in total. The van der Waals surface area contributed by atoms with Gasteiger partial charge in [0.2, 0.25) is 5.91 Å². The third kappa shape index (κ3) is 5.92. The van der Waals surface area contributed by atoms with Crippen LogP contribution in [0.1, 0.15) is 25.3 Å². The minimum absolute atomic E-state index is 0.0698. The van der Waals surface area contributed by atoms with Crippen LogP contribution in [0.3, 0.4) is 0 Å². The number of sulfonamides is 1. The first-order chi connectivity index (χ1) is 14.0. The highest BCUT2D eigenvalue weighted by atomic mass is 32.2. The van der Waals surface area contributed by atoms with Gasteiger partial charge in [0.1, 0.15) is 11.6 Å². The summed E-state index contributed by atoms with van der Waals surface area (Å²) in [7, 11) is -3.73. The Balaban J connectivity index is 1.64. The number of rotatable bonds is 7. The van der Waals surface area contributed by atoms with Crippen molar-refractivity contribution in [3.8, 4) is 5.75 Å². The third-order valence-electron chi connectivity index (χ3n) is 4.16. The Kier molecular flexibility index (Phi) is 6.66. The molecule has 0 saturated carbocycles. The van der Waals surface area contributed by atoms with Crippen molar-refractivity contribution >= 4 is 33.5 Å². The molecule has 8 heteroatoms. The molecule has 152 valence electrons. The molecular formula is C21H23N3O4S. The molecule has 29 heavy (non-hydrogen) atoms. The highest BCUT2D eigenvalue weighted by Gasteiger charge is 2.18. The number of anilines is 1. The highest BCUT2D eigenvalue weighted by molar-refractivity contribution is 7.90. The number of nitrogens with zero attached hydrogens (tertiary/aromatic N) is 1. The zero-order chi connectivity index (χ0) is 20.7. The van der Waals surface area contributed by atoms with Gasteiger partial charge in [-0.15, -0.1) is 0 Å². The Hall–Kier alpha value is -3.13. The van der Waals surface area contributed by atoms with E-state index in [9.17, 15) is 13.2 Å². The lowest BCUT2D eigenvalue weighted by Gasteiger charge is -2.09. The number of carbonyl (C=O) groups excluding carboxylic acids is 1. The smallest absolute Gasteiger partial charge is 0.262 e. The Bertz CT molecular complexity index is 1030. The molecule has 2 aromatic carbocycles. The number of amidine groups is 1. The first kappa shape index (κ1) is 20.6. The number of amides is 1. The molecule has 0 aliphatic carbocycles. The van der Waals surface area contributed by atoms with E-state index in [4.69, 9.17) is 4.74 Å². The molecule has 0 radical (unpaired) electrons. The van der Waals surface area contributed by atoms with Gasteiger partial charge in [0.05, 0.1) is 11.5 Å². The highest BCUT2D eigenvalue weighted by Crippen LogP contribution is 2.17. The monoisotopic (exact) mass is 413 g/mol. The number of nitrogens with one attached hydrogen (secondary N) is 2. The van der Waals surface area contributed by atoms with Crippen LogP contribution in [-0.4, -0.2) is 33.3 Å². The Morgan fingerprint density at radius 1 is 1.21 bits per heavy atom. The summed E-state index contributed by atoms with van der Waals surface area (Å²) in [6, 6.07) is 13.5. The van der Waals surface area contributed by atoms with E-state index in [1.165, 1.54) is 18.2 Å². The first-order valence-electron chi connectivity index (χ1n) is 9.34. The van der Waals surface area contributed by atoms with E-state index in [-0.39, 0.29) is 10.8 Å². The predicted octanol–water partition coefficient (Wildman–Crippen LogP) is 3.21. The summed E-state index contributed by atoms with van der Waals surface area (Å²) in [6.07, 6.45) is 4.52. The molecule has 0 saturated heterocycles. The fourth-order valence-corrected chi connectivity index (χ4v) is 3.91. The second kappa shape index (κ2) is 9.38. The molecule has 3 rings (SSSR count). The molecule has 0 spiro atoms. The van der Waals surface area contributed by atoms with E-state index in [0.717, 1.165) is 17.7 Å². The van der Waals surface area contributed by atoms with Crippen LogP contribution in [0, 0.1) is 0 Å². The molecule has 0 bridgehead atoms. The number of hydrogen-bond acceptors (Lipinski definition) is 5. The van der Waals surface area contributed by atoms with Crippen molar-refractivity contribution in [3.63, 3.8) is 0 Å². The van der Waals surface area contributed by atoms with Gasteiger partial charge >= 0.3 is 0 Å². The molecule has 1 heterocycles. The fourth-order valence-electron chi connectivity index (χ4n) is 2.78. The van der Waals surface area contributed by atoms with Gasteiger partial charge in [0.25, 0.3) is 10.0 Å². The van der Waals surface area contributed by atoms with E-state index in [1.807, 2.05) is 31.2 Å². The molecule has 2 N–H and O–H groups in total. The van der Waals surface area contributed by atoms with Crippen molar-refractivity contribution in [3.05, 3.63) is 60.2 Å². The van der Waals surface area contributed by atoms with Gasteiger partial charge in [-0.1, -0.05) is 18.2 Å². The Labute approximate surface area is 170 Å². The quantitative estimate of drug-likeness (QED) is 0.681. The van der Waals surface area contributed by atoms with Gasteiger partial charge < -0.3 is 10.1 Å². The van der Waals surface area contributed by atoms with Crippen molar-refractivity contribution < 1.29 is 17.9 Å². The number of benzene rings is 2. The van der Waals surface area contributed by atoms with Crippen LogP contribution in [0.2, 0.25) is 0 Å². The van der Waals surface area contributed by atoms with Crippen molar-refractivity contribution in [1.82, 2.24) is 4.72 Å². The van der Waals surface area contributed by atoms with Gasteiger partial charge in [-0.3, -0.25) is 14.5 Å².